The molecule has 8 heteroatoms. The lowest BCUT2D eigenvalue weighted by Crippen LogP contribution is -2.57. The Hall–Kier alpha value is -2.77. The quantitative estimate of drug-likeness (QED) is 0.745. The van der Waals surface area contributed by atoms with E-state index >= 15 is 0 Å². The van der Waals surface area contributed by atoms with Gasteiger partial charge >= 0.3 is 0 Å². The van der Waals surface area contributed by atoms with Gasteiger partial charge in [-0.05, 0) is 90.8 Å². The highest BCUT2D eigenvalue weighted by Gasteiger charge is 2.55. The van der Waals surface area contributed by atoms with Crippen LogP contribution in [0.4, 0.5) is 5.69 Å². The van der Waals surface area contributed by atoms with Crippen LogP contribution in [0, 0.1) is 29.1 Å². The minimum Gasteiger partial charge on any atom is -0.344 e. The average Bonchev–Trinajstić information content (AvgIpc) is 3.25. The molecule has 1 aromatic heterocycles. The van der Waals surface area contributed by atoms with Gasteiger partial charge < -0.3 is 10.6 Å². The molecule has 0 spiro atoms. The van der Waals surface area contributed by atoms with Gasteiger partial charge in [0.2, 0.25) is 11.8 Å². The molecule has 2 N–H and O–H groups in total. The number of hydrogen-bond donors (Lipinski definition) is 2. The maximum Gasteiger partial charge on any atom is 0.247 e. The molecule has 4 aliphatic carbocycles. The summed E-state index contributed by atoms with van der Waals surface area (Å²) < 4.78 is 1.53. The van der Waals surface area contributed by atoms with E-state index in [0.717, 1.165) is 24.9 Å². The molecular formula is C23H30N6O2. The summed E-state index contributed by atoms with van der Waals surface area (Å²) in [5.74, 6) is 1.96. The lowest BCUT2D eigenvalue weighted by molar-refractivity contribution is -0.148. The molecule has 31 heavy (non-hydrogen) atoms. The van der Waals surface area contributed by atoms with Crippen LogP contribution in [0.5, 0.6) is 0 Å². The molecule has 0 radical (unpaired) electrons. The van der Waals surface area contributed by atoms with Gasteiger partial charge in [-0.3, -0.25) is 9.59 Å². The van der Waals surface area contributed by atoms with Crippen LogP contribution in [0.2, 0.25) is 0 Å². The summed E-state index contributed by atoms with van der Waals surface area (Å²) in [6.45, 7) is 3.95. The first-order valence-corrected chi connectivity index (χ1v) is 11.4. The van der Waals surface area contributed by atoms with Crippen molar-refractivity contribution in [2.75, 3.05) is 5.32 Å². The van der Waals surface area contributed by atoms with Crippen molar-refractivity contribution >= 4 is 17.5 Å². The third-order valence-corrected chi connectivity index (χ3v) is 7.48. The lowest BCUT2D eigenvalue weighted by atomic mass is 9.49. The van der Waals surface area contributed by atoms with E-state index in [0.29, 0.717) is 23.4 Å². The molecule has 0 unspecified atom stereocenters. The molecule has 4 aliphatic rings. The Labute approximate surface area is 182 Å². The first-order valence-electron chi connectivity index (χ1n) is 11.4. The van der Waals surface area contributed by atoms with Crippen LogP contribution in [-0.2, 0) is 9.59 Å². The van der Waals surface area contributed by atoms with Gasteiger partial charge in [0.1, 0.15) is 12.4 Å². The molecule has 2 aromatic rings. The summed E-state index contributed by atoms with van der Waals surface area (Å²) in [4.78, 5) is 26.6. The van der Waals surface area contributed by atoms with Crippen molar-refractivity contribution in [1.29, 1.82) is 0 Å². The Morgan fingerprint density at radius 3 is 2.35 bits per heavy atom. The Bertz CT molecular complexity index is 935. The fraction of sp³-hybridized carbons (Fsp3) is 0.609. The van der Waals surface area contributed by atoms with E-state index < -0.39 is 6.04 Å². The number of tetrazole rings is 1. The summed E-state index contributed by atoms with van der Waals surface area (Å²) in [5, 5.41) is 17.3. The van der Waals surface area contributed by atoms with Crippen molar-refractivity contribution in [3.05, 3.63) is 30.6 Å². The molecule has 164 valence electrons. The number of hydrogen-bond acceptors (Lipinski definition) is 5. The summed E-state index contributed by atoms with van der Waals surface area (Å²) >= 11 is 0. The van der Waals surface area contributed by atoms with Gasteiger partial charge in [0.15, 0.2) is 0 Å². The SMILES string of the molecule is CC(C)[C@@H](NC(=O)C12CC3CC(CC(C3)C1)C2)C(=O)Nc1cccc(-n2cnnn2)c1. The van der Waals surface area contributed by atoms with Crippen LogP contribution in [0.25, 0.3) is 5.69 Å². The monoisotopic (exact) mass is 422 g/mol. The Balaban J connectivity index is 1.29. The molecule has 8 nitrogen and oxygen atoms in total. The second-order valence-corrected chi connectivity index (χ2v) is 10.2. The molecule has 1 atom stereocenters. The number of nitrogens with one attached hydrogen (secondary N) is 2. The number of amides is 2. The van der Waals surface area contributed by atoms with Crippen LogP contribution in [0.1, 0.15) is 52.4 Å². The maximum atomic E-state index is 13.5. The molecule has 2 amide bonds. The molecule has 0 saturated heterocycles. The molecule has 4 fully saturated rings. The Morgan fingerprint density at radius 2 is 1.77 bits per heavy atom. The highest BCUT2D eigenvalue weighted by atomic mass is 16.2. The summed E-state index contributed by atoms with van der Waals surface area (Å²) in [6.07, 6.45) is 8.35. The number of nitrogens with zero attached hydrogens (tertiary/aromatic N) is 4. The largest absolute Gasteiger partial charge is 0.344 e. The van der Waals surface area contributed by atoms with E-state index in [1.807, 2.05) is 38.1 Å². The van der Waals surface area contributed by atoms with Gasteiger partial charge in [0.25, 0.3) is 0 Å². The summed E-state index contributed by atoms with van der Waals surface area (Å²) in [7, 11) is 0. The molecule has 4 bridgehead atoms. The smallest absolute Gasteiger partial charge is 0.247 e. The summed E-state index contributed by atoms with van der Waals surface area (Å²) in [5.41, 5.74) is 1.14. The van der Waals surface area contributed by atoms with Crippen molar-refractivity contribution in [3.8, 4) is 5.69 Å². The Morgan fingerprint density at radius 1 is 1.10 bits per heavy atom. The normalized spacial score (nSPS) is 29.7. The topological polar surface area (TPSA) is 102 Å². The van der Waals surface area contributed by atoms with Crippen molar-refractivity contribution in [2.24, 2.45) is 29.1 Å². The van der Waals surface area contributed by atoms with E-state index in [9.17, 15) is 9.59 Å². The minimum absolute atomic E-state index is 0.0134. The molecule has 4 saturated carbocycles. The van der Waals surface area contributed by atoms with Gasteiger partial charge in [0.05, 0.1) is 5.69 Å². The van der Waals surface area contributed by atoms with Crippen molar-refractivity contribution in [1.82, 2.24) is 25.5 Å². The predicted octanol–water partition coefficient (Wildman–Crippen LogP) is 2.96. The van der Waals surface area contributed by atoms with Crippen molar-refractivity contribution in [3.63, 3.8) is 0 Å². The maximum absolute atomic E-state index is 13.5. The fourth-order valence-corrected chi connectivity index (χ4v) is 6.44. The highest BCUT2D eigenvalue weighted by Crippen LogP contribution is 2.60. The van der Waals surface area contributed by atoms with Crippen LogP contribution in [0.15, 0.2) is 30.6 Å². The first kappa shape index (κ1) is 20.2. The van der Waals surface area contributed by atoms with Gasteiger partial charge in [-0.15, -0.1) is 5.10 Å². The van der Waals surface area contributed by atoms with Gasteiger partial charge in [-0.1, -0.05) is 19.9 Å². The van der Waals surface area contributed by atoms with E-state index in [-0.39, 0.29) is 23.1 Å². The molecule has 1 heterocycles. The zero-order chi connectivity index (χ0) is 21.6. The molecule has 6 rings (SSSR count). The summed E-state index contributed by atoms with van der Waals surface area (Å²) in [6, 6.07) is 6.76. The third-order valence-electron chi connectivity index (χ3n) is 7.48. The predicted molar refractivity (Wildman–Crippen MR) is 115 cm³/mol. The van der Waals surface area contributed by atoms with E-state index in [2.05, 4.69) is 26.2 Å². The van der Waals surface area contributed by atoms with Gasteiger partial charge in [0, 0.05) is 11.1 Å². The van der Waals surface area contributed by atoms with Gasteiger partial charge in [-0.25, -0.2) is 4.68 Å². The minimum atomic E-state index is -0.572. The van der Waals surface area contributed by atoms with Crippen molar-refractivity contribution in [2.45, 2.75) is 58.4 Å². The van der Waals surface area contributed by atoms with Gasteiger partial charge in [-0.2, -0.15) is 0 Å². The van der Waals surface area contributed by atoms with Crippen LogP contribution < -0.4 is 10.6 Å². The van der Waals surface area contributed by atoms with E-state index in [1.165, 1.54) is 30.3 Å². The molecule has 1 aromatic carbocycles. The van der Waals surface area contributed by atoms with E-state index in [1.54, 1.807) is 0 Å². The van der Waals surface area contributed by atoms with E-state index in [4.69, 9.17) is 0 Å². The Kier molecular flexibility index (Phi) is 5.02. The number of anilines is 1. The second kappa shape index (κ2) is 7.73. The second-order valence-electron chi connectivity index (χ2n) is 10.2. The van der Waals surface area contributed by atoms with Crippen molar-refractivity contribution < 1.29 is 9.59 Å². The van der Waals surface area contributed by atoms with Crippen LogP contribution >= 0.6 is 0 Å². The average molecular weight is 423 g/mol. The zero-order valence-electron chi connectivity index (χ0n) is 18.1. The third kappa shape index (κ3) is 3.83. The standard InChI is InChI=1S/C23H30N6O2/c1-14(2)20(21(30)25-18-4-3-5-19(9-18)29-13-24-27-28-29)26-22(31)23-10-15-6-16(11-23)8-17(7-15)12-23/h3-5,9,13-17,20H,6-8,10-12H2,1-2H3,(H,25,30)(H,26,31)/t15?,16?,17?,20-,23?/m1/s1. The number of rotatable bonds is 6. The number of carbonyl (C=O) groups excluding carboxylic acids is 2. The number of benzene rings is 1. The van der Waals surface area contributed by atoms with Crippen LogP contribution in [0.3, 0.4) is 0 Å². The molecule has 0 aliphatic heterocycles. The highest BCUT2D eigenvalue weighted by molar-refractivity contribution is 5.98. The number of carbonyl (C=O) groups is 2. The first-order chi connectivity index (χ1) is 14.9. The lowest BCUT2D eigenvalue weighted by Gasteiger charge is -2.55. The fourth-order valence-electron chi connectivity index (χ4n) is 6.44. The molecular weight excluding hydrogens is 392 g/mol. The van der Waals surface area contributed by atoms with Crippen LogP contribution in [-0.4, -0.2) is 38.1 Å². The number of aromatic nitrogens is 4. The zero-order valence-corrected chi connectivity index (χ0v) is 18.1.